The summed E-state index contributed by atoms with van der Waals surface area (Å²) >= 11 is 6.20. The Morgan fingerprint density at radius 1 is 1.16 bits per heavy atom. The Kier molecular flexibility index (Phi) is 3.61. The smallest absolute Gasteiger partial charge is 0.0409 e. The maximum Gasteiger partial charge on any atom is 0.0409 e. The van der Waals surface area contributed by atoms with Crippen molar-refractivity contribution in [2.45, 2.75) is 64.5 Å². The lowest BCUT2D eigenvalue weighted by Gasteiger charge is -2.34. The third-order valence-electron chi connectivity index (χ3n) is 4.85. The summed E-state index contributed by atoms with van der Waals surface area (Å²) in [4.78, 5) is 0. The van der Waals surface area contributed by atoms with Crippen LogP contribution in [0.15, 0.2) is 18.2 Å². The molecule has 1 atom stereocenters. The fraction of sp³-hybridized carbons (Fsp3) is 0.647. The van der Waals surface area contributed by atoms with Gasteiger partial charge in [0.05, 0.1) is 0 Å². The number of fused-ring (bicyclic) bond motifs is 1. The number of benzene rings is 1. The molecule has 104 valence electrons. The van der Waals surface area contributed by atoms with Crippen molar-refractivity contribution in [3.05, 3.63) is 34.3 Å². The average molecular weight is 278 g/mol. The first kappa shape index (κ1) is 13.5. The van der Waals surface area contributed by atoms with E-state index in [2.05, 4.69) is 31.3 Å². The molecule has 0 spiro atoms. The summed E-state index contributed by atoms with van der Waals surface area (Å²) in [5.41, 5.74) is 3.20. The maximum absolute atomic E-state index is 6.20. The van der Waals surface area contributed by atoms with E-state index in [0.29, 0.717) is 17.5 Å². The van der Waals surface area contributed by atoms with Crippen LogP contribution in [0.2, 0.25) is 5.02 Å². The van der Waals surface area contributed by atoms with Gasteiger partial charge in [-0.05, 0) is 47.9 Å². The van der Waals surface area contributed by atoms with Crippen LogP contribution in [-0.4, -0.2) is 6.04 Å². The molecule has 19 heavy (non-hydrogen) atoms. The zero-order valence-electron chi connectivity index (χ0n) is 12.0. The Morgan fingerprint density at radius 3 is 2.63 bits per heavy atom. The summed E-state index contributed by atoms with van der Waals surface area (Å²) in [6, 6.07) is 7.57. The number of hydrogen-bond acceptors (Lipinski definition) is 1. The van der Waals surface area contributed by atoms with E-state index in [-0.39, 0.29) is 0 Å². The van der Waals surface area contributed by atoms with Crippen LogP contribution in [0.25, 0.3) is 0 Å². The predicted octanol–water partition coefficient (Wildman–Crippen LogP) is 4.89. The first-order valence-corrected chi connectivity index (χ1v) is 7.98. The van der Waals surface area contributed by atoms with Crippen molar-refractivity contribution in [3.63, 3.8) is 0 Å². The third kappa shape index (κ3) is 2.68. The minimum Gasteiger partial charge on any atom is -0.307 e. The number of halogens is 1. The summed E-state index contributed by atoms with van der Waals surface area (Å²) in [5.74, 6) is 0. The molecule has 1 N–H and O–H groups in total. The minimum atomic E-state index is 0.296. The number of rotatable bonds is 2. The maximum atomic E-state index is 6.20. The highest BCUT2D eigenvalue weighted by Crippen LogP contribution is 2.46. The topological polar surface area (TPSA) is 12.0 Å². The zero-order valence-corrected chi connectivity index (χ0v) is 12.8. The van der Waals surface area contributed by atoms with E-state index < -0.39 is 0 Å². The molecule has 3 rings (SSSR count). The lowest BCUT2D eigenvalue weighted by molar-refractivity contribution is 0.226. The van der Waals surface area contributed by atoms with Gasteiger partial charge in [-0.3, -0.25) is 0 Å². The number of hydrogen-bond donors (Lipinski definition) is 1. The molecule has 0 bridgehead atoms. The van der Waals surface area contributed by atoms with E-state index in [9.17, 15) is 0 Å². The van der Waals surface area contributed by atoms with Gasteiger partial charge in [-0.2, -0.15) is 0 Å². The quantitative estimate of drug-likeness (QED) is 0.812. The number of nitrogens with one attached hydrogen (secondary N) is 1. The van der Waals surface area contributed by atoms with Crippen LogP contribution in [0.4, 0.5) is 0 Å². The molecule has 0 amide bonds. The van der Waals surface area contributed by atoms with Crippen molar-refractivity contribution in [1.82, 2.24) is 5.32 Å². The van der Waals surface area contributed by atoms with Crippen LogP contribution >= 0.6 is 11.6 Å². The molecule has 1 aromatic carbocycles. The Hall–Kier alpha value is -0.530. The second-order valence-electron chi connectivity index (χ2n) is 6.94. The molecule has 0 heterocycles. The fourth-order valence-corrected chi connectivity index (χ4v) is 4.01. The van der Waals surface area contributed by atoms with E-state index in [0.717, 1.165) is 11.4 Å². The van der Waals surface area contributed by atoms with Crippen LogP contribution in [0, 0.1) is 5.41 Å². The van der Waals surface area contributed by atoms with E-state index in [1.165, 1.54) is 43.2 Å². The largest absolute Gasteiger partial charge is 0.307 e. The van der Waals surface area contributed by atoms with Crippen molar-refractivity contribution < 1.29 is 0 Å². The molecule has 0 aromatic heterocycles. The van der Waals surface area contributed by atoms with Crippen molar-refractivity contribution in [2.24, 2.45) is 5.41 Å². The molecule has 1 saturated carbocycles. The summed E-state index contributed by atoms with van der Waals surface area (Å²) in [6.45, 7) is 4.75. The van der Waals surface area contributed by atoms with Crippen LogP contribution in [-0.2, 0) is 6.42 Å². The zero-order chi connectivity index (χ0) is 13.5. The van der Waals surface area contributed by atoms with Gasteiger partial charge in [-0.15, -0.1) is 0 Å². The van der Waals surface area contributed by atoms with Gasteiger partial charge in [0.25, 0.3) is 0 Å². The first-order chi connectivity index (χ1) is 9.06. The van der Waals surface area contributed by atoms with Crippen molar-refractivity contribution in [3.8, 4) is 0 Å². The van der Waals surface area contributed by atoms with Gasteiger partial charge in [-0.25, -0.2) is 0 Å². The molecular formula is C17H24ClN. The van der Waals surface area contributed by atoms with Gasteiger partial charge in [-0.1, -0.05) is 50.8 Å². The second-order valence-corrected chi connectivity index (χ2v) is 7.38. The molecule has 0 aliphatic heterocycles. The first-order valence-electron chi connectivity index (χ1n) is 7.61. The minimum absolute atomic E-state index is 0.296. The Bertz CT molecular complexity index is 460. The van der Waals surface area contributed by atoms with Crippen LogP contribution in [0.1, 0.15) is 63.1 Å². The van der Waals surface area contributed by atoms with Crippen molar-refractivity contribution >= 4 is 11.6 Å². The summed E-state index contributed by atoms with van der Waals surface area (Å²) < 4.78 is 0. The monoisotopic (exact) mass is 277 g/mol. The highest BCUT2D eigenvalue weighted by molar-refractivity contribution is 6.30. The molecule has 1 nitrogen and oxygen atoms in total. The van der Waals surface area contributed by atoms with E-state index in [4.69, 9.17) is 11.6 Å². The molecule has 0 radical (unpaired) electrons. The van der Waals surface area contributed by atoms with Crippen molar-refractivity contribution in [1.29, 1.82) is 0 Å². The van der Waals surface area contributed by atoms with E-state index in [1.54, 1.807) is 0 Å². The van der Waals surface area contributed by atoms with Gasteiger partial charge in [0, 0.05) is 17.1 Å². The summed E-state index contributed by atoms with van der Waals surface area (Å²) in [7, 11) is 0. The van der Waals surface area contributed by atoms with Gasteiger partial charge < -0.3 is 5.32 Å². The van der Waals surface area contributed by atoms with E-state index in [1.807, 2.05) is 6.07 Å². The highest BCUT2D eigenvalue weighted by Gasteiger charge is 2.39. The third-order valence-corrected chi connectivity index (χ3v) is 5.09. The molecule has 0 saturated heterocycles. The molecule has 2 heteroatoms. The standard InChI is InChI=1S/C17H24ClN/c1-17(2)11-12-8-9-13(18)10-15(12)16(17)19-14-6-4-3-5-7-14/h8-10,14,16,19H,3-7,11H2,1-2H3. The Balaban J connectivity index is 1.84. The molecule has 2 aliphatic rings. The molecule has 2 aliphatic carbocycles. The van der Waals surface area contributed by atoms with Crippen LogP contribution in [0.3, 0.4) is 0 Å². The van der Waals surface area contributed by atoms with Crippen LogP contribution < -0.4 is 5.32 Å². The Morgan fingerprint density at radius 2 is 1.89 bits per heavy atom. The predicted molar refractivity (Wildman–Crippen MR) is 81.7 cm³/mol. The second kappa shape index (κ2) is 5.10. The van der Waals surface area contributed by atoms with Crippen molar-refractivity contribution in [2.75, 3.05) is 0 Å². The summed E-state index contributed by atoms with van der Waals surface area (Å²) in [5, 5.41) is 4.80. The molecular weight excluding hydrogens is 254 g/mol. The van der Waals surface area contributed by atoms with E-state index >= 15 is 0 Å². The van der Waals surface area contributed by atoms with Gasteiger partial charge in [0.15, 0.2) is 0 Å². The molecule has 1 fully saturated rings. The van der Waals surface area contributed by atoms with Crippen LogP contribution in [0.5, 0.6) is 0 Å². The Labute approximate surface area is 121 Å². The lowest BCUT2D eigenvalue weighted by atomic mass is 9.84. The average Bonchev–Trinajstić information content (AvgIpc) is 2.62. The lowest BCUT2D eigenvalue weighted by Crippen LogP contribution is -2.39. The molecule has 1 aromatic rings. The normalized spacial score (nSPS) is 26.4. The highest BCUT2D eigenvalue weighted by atomic mass is 35.5. The van der Waals surface area contributed by atoms with Gasteiger partial charge >= 0.3 is 0 Å². The summed E-state index contributed by atoms with van der Waals surface area (Å²) in [6.07, 6.45) is 8.00. The fourth-order valence-electron chi connectivity index (χ4n) is 3.83. The SMILES string of the molecule is CC1(C)Cc2ccc(Cl)cc2C1NC1CCCCC1. The molecule has 1 unspecified atom stereocenters. The van der Waals surface area contributed by atoms with Gasteiger partial charge in [0.1, 0.15) is 0 Å². The van der Waals surface area contributed by atoms with Gasteiger partial charge in [0.2, 0.25) is 0 Å².